The maximum absolute atomic E-state index is 12.2. The molecule has 1 aromatic carbocycles. The van der Waals surface area contributed by atoms with Crippen molar-refractivity contribution in [3.8, 4) is 0 Å². The Labute approximate surface area is 121 Å². The van der Waals surface area contributed by atoms with Gasteiger partial charge in [0.15, 0.2) is 0 Å². The lowest BCUT2D eigenvalue weighted by Crippen LogP contribution is -2.22. The molecule has 1 aromatic rings. The van der Waals surface area contributed by atoms with E-state index in [-0.39, 0.29) is 23.6 Å². The van der Waals surface area contributed by atoms with Crippen molar-refractivity contribution in [3.05, 3.63) is 34.9 Å². The van der Waals surface area contributed by atoms with E-state index in [1.807, 2.05) is 39.8 Å². The number of Topliss-reactive ketones (excluding diaryl/α,β-unsaturated/α-hetero) is 1. The zero-order chi connectivity index (χ0) is 15.3. The van der Waals surface area contributed by atoms with Crippen molar-refractivity contribution >= 4 is 11.8 Å². The van der Waals surface area contributed by atoms with Crippen molar-refractivity contribution in [2.45, 2.75) is 47.0 Å². The molecule has 0 aromatic heterocycles. The molecule has 0 aliphatic heterocycles. The van der Waals surface area contributed by atoms with Crippen molar-refractivity contribution in [2.24, 2.45) is 5.41 Å². The molecular weight excluding hydrogens is 252 g/mol. The topological polar surface area (TPSA) is 43.4 Å². The van der Waals surface area contributed by atoms with Gasteiger partial charge < -0.3 is 4.74 Å². The normalized spacial score (nSPS) is 11.2. The van der Waals surface area contributed by atoms with Gasteiger partial charge in [-0.3, -0.25) is 9.59 Å². The van der Waals surface area contributed by atoms with Crippen LogP contribution in [0.2, 0.25) is 0 Å². The molecule has 1 rings (SSSR count). The van der Waals surface area contributed by atoms with Crippen LogP contribution in [0.25, 0.3) is 0 Å². The first-order valence-corrected chi connectivity index (χ1v) is 6.88. The van der Waals surface area contributed by atoms with Gasteiger partial charge in [-0.2, -0.15) is 0 Å². The second-order valence-electron chi connectivity index (χ2n) is 6.24. The van der Waals surface area contributed by atoms with Crippen molar-refractivity contribution in [1.29, 1.82) is 0 Å². The molecule has 3 heteroatoms. The lowest BCUT2D eigenvalue weighted by atomic mass is 9.82. The summed E-state index contributed by atoms with van der Waals surface area (Å²) in [6.45, 7) is 7.90. The third-order valence-corrected chi connectivity index (χ3v) is 3.41. The number of ether oxygens (including phenoxy) is 1. The molecule has 3 nitrogen and oxygen atoms in total. The summed E-state index contributed by atoms with van der Waals surface area (Å²) >= 11 is 0. The molecule has 0 fully saturated rings. The van der Waals surface area contributed by atoms with Crippen LogP contribution in [-0.2, 0) is 20.7 Å². The Morgan fingerprint density at radius 2 is 1.80 bits per heavy atom. The third-order valence-electron chi connectivity index (χ3n) is 3.41. The van der Waals surface area contributed by atoms with Crippen LogP contribution in [0.1, 0.15) is 43.4 Å². The van der Waals surface area contributed by atoms with E-state index in [4.69, 9.17) is 0 Å². The lowest BCUT2D eigenvalue weighted by Gasteiger charge is -2.22. The van der Waals surface area contributed by atoms with E-state index in [0.717, 1.165) is 11.1 Å². The number of ketones is 1. The highest BCUT2D eigenvalue weighted by Gasteiger charge is 2.25. The van der Waals surface area contributed by atoms with E-state index in [9.17, 15) is 9.59 Å². The molecule has 0 aliphatic rings. The van der Waals surface area contributed by atoms with Crippen LogP contribution >= 0.6 is 0 Å². The van der Waals surface area contributed by atoms with Crippen molar-refractivity contribution < 1.29 is 14.3 Å². The Kier molecular flexibility index (Phi) is 5.49. The molecule has 0 spiro atoms. The number of hydrogen-bond donors (Lipinski definition) is 0. The Balaban J connectivity index is 2.65. The first-order chi connectivity index (χ1) is 9.23. The van der Waals surface area contributed by atoms with Crippen LogP contribution < -0.4 is 0 Å². The zero-order valence-corrected chi connectivity index (χ0v) is 13.1. The minimum atomic E-state index is -0.358. The van der Waals surface area contributed by atoms with E-state index in [1.165, 1.54) is 12.7 Å². The van der Waals surface area contributed by atoms with Gasteiger partial charge in [0.2, 0.25) is 0 Å². The average Bonchev–Trinajstić information content (AvgIpc) is 2.31. The highest BCUT2D eigenvalue weighted by atomic mass is 16.5. The molecule has 0 N–H and O–H groups in total. The monoisotopic (exact) mass is 276 g/mol. The van der Waals surface area contributed by atoms with Gasteiger partial charge in [0.05, 0.1) is 13.5 Å². The van der Waals surface area contributed by atoms with E-state index < -0.39 is 0 Å². The predicted octanol–water partition coefficient (Wildman–Crippen LogP) is 3.39. The molecule has 0 unspecified atom stereocenters. The van der Waals surface area contributed by atoms with Gasteiger partial charge >= 0.3 is 5.97 Å². The summed E-state index contributed by atoms with van der Waals surface area (Å²) in [5.74, 6) is -0.111. The van der Waals surface area contributed by atoms with Crippen LogP contribution in [0.3, 0.4) is 0 Å². The number of carbonyl (C=O) groups excluding carboxylic acids is 2. The molecule has 0 saturated heterocycles. The summed E-state index contributed by atoms with van der Waals surface area (Å²) in [5.41, 5.74) is 3.05. The summed E-state index contributed by atoms with van der Waals surface area (Å²) in [6, 6.07) is 6.12. The van der Waals surface area contributed by atoms with Gasteiger partial charge in [0.1, 0.15) is 5.78 Å². The molecule has 0 bridgehead atoms. The average molecular weight is 276 g/mol. The maximum atomic E-state index is 12.2. The molecule has 20 heavy (non-hydrogen) atoms. The van der Waals surface area contributed by atoms with Crippen LogP contribution in [0, 0.1) is 19.3 Å². The molecule has 0 amide bonds. The first kappa shape index (κ1) is 16.4. The van der Waals surface area contributed by atoms with Gasteiger partial charge in [0, 0.05) is 12.8 Å². The summed E-state index contributed by atoms with van der Waals surface area (Å²) in [5, 5.41) is 0. The first-order valence-electron chi connectivity index (χ1n) is 6.88. The van der Waals surface area contributed by atoms with Gasteiger partial charge in [-0.15, -0.1) is 0 Å². The van der Waals surface area contributed by atoms with Crippen molar-refractivity contribution in [1.82, 2.24) is 0 Å². The third kappa shape index (κ3) is 5.16. The maximum Gasteiger partial charge on any atom is 0.306 e. The van der Waals surface area contributed by atoms with E-state index in [2.05, 4.69) is 10.8 Å². The van der Waals surface area contributed by atoms with E-state index in [1.54, 1.807) is 0 Å². The molecule has 0 heterocycles. The van der Waals surface area contributed by atoms with Crippen LogP contribution in [0.4, 0.5) is 0 Å². The number of rotatable bonds is 6. The second kappa shape index (κ2) is 6.69. The van der Waals surface area contributed by atoms with E-state index in [0.29, 0.717) is 12.8 Å². The smallest absolute Gasteiger partial charge is 0.306 e. The number of aryl methyl sites for hydroxylation is 2. The lowest BCUT2D eigenvalue weighted by molar-refractivity contribution is -0.143. The van der Waals surface area contributed by atoms with E-state index >= 15 is 0 Å². The Hall–Kier alpha value is -1.64. The Morgan fingerprint density at radius 1 is 1.15 bits per heavy atom. The summed E-state index contributed by atoms with van der Waals surface area (Å²) < 4.78 is 4.67. The largest absolute Gasteiger partial charge is 0.469 e. The van der Waals surface area contributed by atoms with Gasteiger partial charge in [0.25, 0.3) is 0 Å². The fourth-order valence-electron chi connectivity index (χ4n) is 2.38. The van der Waals surface area contributed by atoms with Crippen molar-refractivity contribution in [3.63, 3.8) is 0 Å². The van der Waals surface area contributed by atoms with Crippen LogP contribution in [0.5, 0.6) is 0 Å². The highest BCUT2D eigenvalue weighted by molar-refractivity contribution is 5.82. The van der Waals surface area contributed by atoms with Crippen LogP contribution in [0.15, 0.2) is 18.2 Å². The number of carbonyl (C=O) groups is 2. The summed E-state index contributed by atoms with van der Waals surface area (Å²) in [4.78, 5) is 23.5. The zero-order valence-electron chi connectivity index (χ0n) is 13.1. The number of benzene rings is 1. The molecule has 110 valence electrons. The van der Waals surface area contributed by atoms with Gasteiger partial charge in [-0.05, 0) is 30.4 Å². The molecule has 0 aliphatic carbocycles. The minimum absolute atomic E-state index is 0.158. The number of esters is 1. The Bertz CT molecular complexity index is 501. The van der Waals surface area contributed by atoms with Gasteiger partial charge in [-0.1, -0.05) is 37.6 Å². The number of methoxy groups -OCH3 is 1. The quantitative estimate of drug-likeness (QED) is 0.748. The fraction of sp³-hybridized carbons (Fsp3) is 0.529. The van der Waals surface area contributed by atoms with Crippen LogP contribution in [-0.4, -0.2) is 18.9 Å². The predicted molar refractivity (Wildman–Crippen MR) is 79.7 cm³/mol. The second-order valence-corrected chi connectivity index (χ2v) is 6.24. The number of hydrogen-bond acceptors (Lipinski definition) is 3. The highest BCUT2D eigenvalue weighted by Crippen LogP contribution is 2.27. The standard InChI is InChI=1S/C17H24O3/c1-12-6-7-14(13(2)8-12)9-15(18)10-17(3,4)11-16(19)20-5/h6-8H,9-11H2,1-5H3. The SMILES string of the molecule is COC(=O)CC(C)(C)CC(=O)Cc1ccc(C)cc1C. The molecule has 0 radical (unpaired) electrons. The summed E-state index contributed by atoms with van der Waals surface area (Å²) in [7, 11) is 1.37. The molecule has 0 atom stereocenters. The summed E-state index contributed by atoms with van der Waals surface area (Å²) in [6.07, 6.45) is 1.08. The molecular formula is C17H24O3. The minimum Gasteiger partial charge on any atom is -0.469 e. The van der Waals surface area contributed by atoms with Crippen molar-refractivity contribution in [2.75, 3.05) is 7.11 Å². The fourth-order valence-corrected chi connectivity index (χ4v) is 2.38. The molecule has 0 saturated carbocycles. The van der Waals surface area contributed by atoms with Gasteiger partial charge in [-0.25, -0.2) is 0 Å². The Morgan fingerprint density at radius 3 is 2.35 bits per heavy atom.